The Labute approximate surface area is 83.2 Å². The van der Waals surface area contributed by atoms with Gasteiger partial charge in [0.25, 0.3) is 11.8 Å². The second-order valence-electron chi connectivity index (χ2n) is 4.02. The summed E-state index contributed by atoms with van der Waals surface area (Å²) in [6.45, 7) is 5.23. The molecule has 1 rings (SSSR count). The first-order valence-corrected chi connectivity index (χ1v) is 4.60. The van der Waals surface area contributed by atoms with Gasteiger partial charge in [-0.3, -0.25) is 14.5 Å². The zero-order chi connectivity index (χ0) is 10.9. The maximum Gasteiger partial charge on any atom is 0.254 e. The van der Waals surface area contributed by atoms with Crippen LogP contribution in [0, 0.1) is 5.92 Å². The smallest absolute Gasteiger partial charge is 0.254 e. The van der Waals surface area contributed by atoms with Crippen molar-refractivity contribution in [1.82, 2.24) is 4.90 Å². The van der Waals surface area contributed by atoms with E-state index in [9.17, 15) is 14.7 Å². The van der Waals surface area contributed by atoms with Crippen LogP contribution in [0.25, 0.3) is 0 Å². The van der Waals surface area contributed by atoms with Crippen molar-refractivity contribution < 1.29 is 14.7 Å². The van der Waals surface area contributed by atoms with Crippen molar-refractivity contribution in [2.24, 2.45) is 5.92 Å². The maximum absolute atomic E-state index is 11.4. The lowest BCUT2D eigenvalue weighted by Crippen LogP contribution is -2.55. The van der Waals surface area contributed by atoms with Gasteiger partial charge in [-0.15, -0.1) is 0 Å². The monoisotopic (exact) mass is 197 g/mol. The van der Waals surface area contributed by atoms with Crippen LogP contribution in [0.3, 0.4) is 0 Å². The lowest BCUT2D eigenvalue weighted by atomic mass is 9.87. The van der Waals surface area contributed by atoms with Crippen LogP contribution < -0.4 is 0 Å². The second-order valence-corrected chi connectivity index (χ2v) is 4.02. The van der Waals surface area contributed by atoms with Gasteiger partial charge in [-0.25, -0.2) is 0 Å². The summed E-state index contributed by atoms with van der Waals surface area (Å²) in [5.74, 6) is -0.680. The number of nitrogens with zero attached hydrogens (tertiary/aromatic N) is 1. The number of aliphatic hydroxyl groups is 1. The van der Waals surface area contributed by atoms with Gasteiger partial charge in [0.15, 0.2) is 0 Å². The molecule has 1 aliphatic rings. The molecule has 0 bridgehead atoms. The van der Waals surface area contributed by atoms with Crippen LogP contribution in [0.15, 0.2) is 12.2 Å². The number of imide groups is 1. The summed E-state index contributed by atoms with van der Waals surface area (Å²) in [6.07, 6.45) is 2.47. The Kier molecular flexibility index (Phi) is 2.76. The van der Waals surface area contributed by atoms with E-state index >= 15 is 0 Å². The molecule has 4 heteroatoms. The van der Waals surface area contributed by atoms with Crippen LogP contribution in [0.5, 0.6) is 0 Å². The van der Waals surface area contributed by atoms with Gasteiger partial charge < -0.3 is 5.11 Å². The van der Waals surface area contributed by atoms with Gasteiger partial charge in [0.1, 0.15) is 0 Å². The van der Waals surface area contributed by atoms with Crippen molar-refractivity contribution in [2.75, 3.05) is 6.61 Å². The molecule has 78 valence electrons. The van der Waals surface area contributed by atoms with Crippen molar-refractivity contribution in [2.45, 2.75) is 26.3 Å². The minimum atomic E-state index is -0.808. The lowest BCUT2D eigenvalue weighted by molar-refractivity contribution is -0.147. The Hall–Kier alpha value is -1.16. The molecule has 0 radical (unpaired) electrons. The van der Waals surface area contributed by atoms with E-state index in [1.54, 1.807) is 6.92 Å². The molecule has 14 heavy (non-hydrogen) atoms. The molecule has 2 amide bonds. The minimum Gasteiger partial charge on any atom is -0.394 e. The zero-order valence-electron chi connectivity index (χ0n) is 8.65. The molecular formula is C10H15NO3. The van der Waals surface area contributed by atoms with E-state index in [-0.39, 0.29) is 24.3 Å². The average molecular weight is 197 g/mol. The van der Waals surface area contributed by atoms with E-state index in [1.807, 2.05) is 13.8 Å². The number of rotatable bonds is 3. The molecular weight excluding hydrogens is 182 g/mol. The summed E-state index contributed by atoms with van der Waals surface area (Å²) in [5.41, 5.74) is -0.808. The molecule has 4 nitrogen and oxygen atoms in total. The maximum atomic E-state index is 11.4. The molecule has 1 N–H and O–H groups in total. The first kappa shape index (κ1) is 10.9. The SMILES string of the molecule is CC(C)C(C)(CO)N1C(=O)C=CC1=O. The molecule has 0 aromatic carbocycles. The molecule has 0 fully saturated rings. The molecule has 1 unspecified atom stereocenters. The number of amides is 2. The van der Waals surface area contributed by atoms with Gasteiger partial charge in [-0.1, -0.05) is 13.8 Å². The van der Waals surface area contributed by atoms with Gasteiger partial charge in [0, 0.05) is 12.2 Å². The van der Waals surface area contributed by atoms with Gasteiger partial charge in [-0.2, -0.15) is 0 Å². The summed E-state index contributed by atoms with van der Waals surface area (Å²) in [6, 6.07) is 0. The summed E-state index contributed by atoms with van der Waals surface area (Å²) < 4.78 is 0. The average Bonchev–Trinajstić information content (AvgIpc) is 2.45. The Morgan fingerprint density at radius 1 is 1.36 bits per heavy atom. The van der Waals surface area contributed by atoms with E-state index in [1.165, 1.54) is 12.2 Å². The standard InChI is InChI=1S/C10H15NO3/c1-7(2)10(3,6-12)11-8(13)4-5-9(11)14/h4-5,7,12H,6H2,1-3H3. The Balaban J connectivity index is 3.02. The number of aliphatic hydroxyl groups excluding tert-OH is 1. The van der Waals surface area contributed by atoms with Gasteiger partial charge in [-0.05, 0) is 12.8 Å². The number of carbonyl (C=O) groups is 2. The predicted molar refractivity (Wildman–Crippen MR) is 51.3 cm³/mol. The third kappa shape index (κ3) is 1.46. The summed E-state index contributed by atoms with van der Waals surface area (Å²) in [5, 5.41) is 9.28. The van der Waals surface area contributed by atoms with E-state index < -0.39 is 5.54 Å². The molecule has 1 heterocycles. The fourth-order valence-corrected chi connectivity index (χ4v) is 1.42. The molecule has 1 atom stereocenters. The zero-order valence-corrected chi connectivity index (χ0v) is 8.65. The fourth-order valence-electron chi connectivity index (χ4n) is 1.42. The van der Waals surface area contributed by atoms with Crippen molar-refractivity contribution in [3.8, 4) is 0 Å². The quantitative estimate of drug-likeness (QED) is 0.663. The lowest BCUT2D eigenvalue weighted by Gasteiger charge is -2.39. The molecule has 0 saturated heterocycles. The predicted octanol–water partition coefficient (Wildman–Crippen LogP) is 0.318. The first-order valence-electron chi connectivity index (χ1n) is 4.60. The summed E-state index contributed by atoms with van der Waals surface area (Å²) in [4.78, 5) is 23.9. The Bertz CT molecular complexity index is 278. The highest BCUT2D eigenvalue weighted by Gasteiger charge is 2.42. The highest BCUT2D eigenvalue weighted by atomic mass is 16.3. The number of hydrogen-bond acceptors (Lipinski definition) is 3. The van der Waals surface area contributed by atoms with Gasteiger partial charge in [0.2, 0.25) is 0 Å². The third-order valence-electron chi connectivity index (χ3n) is 2.88. The number of hydrogen-bond donors (Lipinski definition) is 1. The topological polar surface area (TPSA) is 57.6 Å². The third-order valence-corrected chi connectivity index (χ3v) is 2.88. The van der Waals surface area contributed by atoms with Crippen molar-refractivity contribution >= 4 is 11.8 Å². The van der Waals surface area contributed by atoms with E-state index in [0.29, 0.717) is 0 Å². The molecule has 0 aromatic heterocycles. The largest absolute Gasteiger partial charge is 0.394 e. The molecule has 0 aromatic rings. The van der Waals surface area contributed by atoms with Crippen molar-refractivity contribution in [1.29, 1.82) is 0 Å². The van der Waals surface area contributed by atoms with Crippen molar-refractivity contribution in [3.05, 3.63) is 12.2 Å². The minimum absolute atomic E-state index is 0.0142. The molecule has 1 aliphatic heterocycles. The van der Waals surface area contributed by atoms with Crippen LogP contribution in [0.1, 0.15) is 20.8 Å². The molecule has 0 aliphatic carbocycles. The van der Waals surface area contributed by atoms with E-state index in [2.05, 4.69) is 0 Å². The summed E-state index contributed by atoms with van der Waals surface area (Å²) >= 11 is 0. The molecule has 0 spiro atoms. The van der Waals surface area contributed by atoms with Gasteiger partial charge in [0.05, 0.1) is 12.1 Å². The second kappa shape index (κ2) is 3.53. The van der Waals surface area contributed by atoms with Crippen molar-refractivity contribution in [3.63, 3.8) is 0 Å². The van der Waals surface area contributed by atoms with Gasteiger partial charge >= 0.3 is 0 Å². The Morgan fingerprint density at radius 3 is 2.07 bits per heavy atom. The van der Waals surface area contributed by atoms with E-state index in [0.717, 1.165) is 4.90 Å². The fraction of sp³-hybridized carbons (Fsp3) is 0.600. The van der Waals surface area contributed by atoms with Crippen LogP contribution >= 0.6 is 0 Å². The first-order chi connectivity index (χ1) is 6.43. The van der Waals surface area contributed by atoms with E-state index in [4.69, 9.17) is 0 Å². The number of carbonyl (C=O) groups excluding carboxylic acids is 2. The van der Waals surface area contributed by atoms with Crippen LogP contribution in [-0.4, -0.2) is 34.0 Å². The Morgan fingerprint density at radius 2 is 1.79 bits per heavy atom. The van der Waals surface area contributed by atoms with Crippen LogP contribution in [0.2, 0.25) is 0 Å². The van der Waals surface area contributed by atoms with Crippen LogP contribution in [0.4, 0.5) is 0 Å². The van der Waals surface area contributed by atoms with Crippen LogP contribution in [-0.2, 0) is 9.59 Å². The highest BCUT2D eigenvalue weighted by Crippen LogP contribution is 2.27. The summed E-state index contributed by atoms with van der Waals surface area (Å²) in [7, 11) is 0. The normalized spacial score (nSPS) is 20.8. The highest BCUT2D eigenvalue weighted by molar-refractivity contribution is 6.13. The molecule has 0 saturated carbocycles.